The number of imidazole rings is 1. The molecule has 1 heterocycles. The van der Waals surface area contributed by atoms with Crippen molar-refractivity contribution >= 4 is 17.3 Å². The van der Waals surface area contributed by atoms with Gasteiger partial charge in [-0.1, -0.05) is 24.8 Å². The normalized spacial score (nSPS) is 12.6. The van der Waals surface area contributed by atoms with Gasteiger partial charge in [0.1, 0.15) is 17.9 Å². The van der Waals surface area contributed by atoms with Crippen molar-refractivity contribution in [1.29, 1.82) is 0 Å². The third-order valence-electron chi connectivity index (χ3n) is 5.11. The summed E-state index contributed by atoms with van der Waals surface area (Å²) in [5, 5.41) is 0. The van der Waals surface area contributed by atoms with Gasteiger partial charge in [0.2, 0.25) is 0 Å². The van der Waals surface area contributed by atoms with Crippen molar-refractivity contribution in [3.05, 3.63) is 53.3 Å². The molecular formula is C24H22F5N3O2. The SMILES string of the molecule is CCC(c1nc2ccc(C#CCC(F)(F)F)cc2n1-c1c(C=O)cccc1OC(F)F)N(C)C. The first-order valence-electron chi connectivity index (χ1n) is 10.3. The molecule has 1 atom stereocenters. The van der Waals surface area contributed by atoms with Crippen LogP contribution in [-0.2, 0) is 0 Å². The smallest absolute Gasteiger partial charge is 0.399 e. The third kappa shape index (κ3) is 5.54. The second kappa shape index (κ2) is 10.2. The van der Waals surface area contributed by atoms with Gasteiger partial charge in [-0.2, -0.15) is 22.0 Å². The molecule has 0 bridgehead atoms. The van der Waals surface area contributed by atoms with Crippen LogP contribution in [0.2, 0.25) is 0 Å². The van der Waals surface area contributed by atoms with Gasteiger partial charge in [0, 0.05) is 11.1 Å². The molecule has 2 aromatic carbocycles. The minimum atomic E-state index is -4.42. The van der Waals surface area contributed by atoms with E-state index in [1.165, 1.54) is 30.3 Å². The van der Waals surface area contributed by atoms with Gasteiger partial charge < -0.3 is 4.74 Å². The van der Waals surface area contributed by atoms with E-state index in [0.29, 0.717) is 29.6 Å². The monoisotopic (exact) mass is 479 g/mol. The Hall–Kier alpha value is -3.45. The van der Waals surface area contributed by atoms with Crippen LogP contribution in [0.4, 0.5) is 22.0 Å². The van der Waals surface area contributed by atoms with E-state index in [1.54, 1.807) is 10.6 Å². The van der Waals surface area contributed by atoms with Crippen LogP contribution in [0.15, 0.2) is 36.4 Å². The maximum absolute atomic E-state index is 13.2. The average molecular weight is 479 g/mol. The quantitative estimate of drug-likeness (QED) is 0.246. The predicted octanol–water partition coefficient (Wildman–Crippen LogP) is 5.76. The summed E-state index contributed by atoms with van der Waals surface area (Å²) in [6, 6.07) is 8.56. The zero-order valence-electron chi connectivity index (χ0n) is 18.7. The number of benzene rings is 2. The Bertz CT molecular complexity index is 1240. The topological polar surface area (TPSA) is 47.4 Å². The maximum atomic E-state index is 13.2. The average Bonchev–Trinajstić information content (AvgIpc) is 3.10. The van der Waals surface area contributed by atoms with Crippen molar-refractivity contribution in [2.45, 2.75) is 38.6 Å². The van der Waals surface area contributed by atoms with Crippen LogP contribution in [-0.4, -0.2) is 47.6 Å². The standard InChI is InChI=1S/C24H22F5N3O2/c1-4-18(31(2)3)22-30-17-11-10-15(7-6-12-24(27,28)29)13-19(17)32(22)21-16(14-33)8-5-9-20(21)34-23(25)26/h5,8-11,13-14,18,23H,4,12H2,1-3H3. The summed E-state index contributed by atoms with van der Waals surface area (Å²) < 4.78 is 70.2. The van der Waals surface area contributed by atoms with Crippen molar-refractivity contribution in [2.24, 2.45) is 0 Å². The Balaban J connectivity index is 2.34. The molecule has 0 saturated heterocycles. The number of para-hydroxylation sites is 1. The van der Waals surface area contributed by atoms with E-state index in [9.17, 15) is 26.7 Å². The third-order valence-corrected chi connectivity index (χ3v) is 5.11. The number of aldehydes is 1. The molecule has 0 aliphatic carbocycles. The first-order valence-corrected chi connectivity index (χ1v) is 10.3. The lowest BCUT2D eigenvalue weighted by Gasteiger charge is -2.25. The summed E-state index contributed by atoms with van der Waals surface area (Å²) in [5.41, 5.74) is 1.28. The summed E-state index contributed by atoms with van der Waals surface area (Å²) in [4.78, 5) is 18.4. The summed E-state index contributed by atoms with van der Waals surface area (Å²) in [6.45, 7) is -1.22. The fraction of sp³-hybridized carbons (Fsp3) is 0.333. The number of hydrogen-bond acceptors (Lipinski definition) is 4. The minimum absolute atomic E-state index is 0.0657. The van der Waals surface area contributed by atoms with E-state index in [0.717, 1.165) is 0 Å². The van der Waals surface area contributed by atoms with Gasteiger partial charge in [-0.3, -0.25) is 14.3 Å². The first-order chi connectivity index (χ1) is 16.1. The summed E-state index contributed by atoms with van der Waals surface area (Å²) in [6.07, 6.45) is -4.57. The molecule has 1 aromatic heterocycles. The highest BCUT2D eigenvalue weighted by molar-refractivity contribution is 5.87. The van der Waals surface area contributed by atoms with Gasteiger partial charge >= 0.3 is 12.8 Å². The lowest BCUT2D eigenvalue weighted by molar-refractivity contribution is -0.123. The fourth-order valence-corrected chi connectivity index (χ4v) is 3.72. The molecule has 180 valence electrons. The van der Waals surface area contributed by atoms with Crippen molar-refractivity contribution in [2.75, 3.05) is 14.1 Å². The summed E-state index contributed by atoms with van der Waals surface area (Å²) in [5.74, 6) is 4.79. The minimum Gasteiger partial charge on any atom is -0.433 e. The Morgan fingerprint density at radius 1 is 1.21 bits per heavy atom. The molecule has 10 heteroatoms. The van der Waals surface area contributed by atoms with E-state index in [4.69, 9.17) is 4.74 Å². The number of fused-ring (bicyclic) bond motifs is 1. The van der Waals surface area contributed by atoms with Crippen LogP contribution in [0.25, 0.3) is 16.7 Å². The molecule has 0 radical (unpaired) electrons. The zero-order chi connectivity index (χ0) is 25.0. The van der Waals surface area contributed by atoms with Crippen LogP contribution >= 0.6 is 0 Å². The molecule has 0 fully saturated rings. The van der Waals surface area contributed by atoms with E-state index in [1.807, 2.05) is 25.9 Å². The van der Waals surface area contributed by atoms with E-state index in [-0.39, 0.29) is 28.6 Å². The Morgan fingerprint density at radius 3 is 2.53 bits per heavy atom. The Labute approximate surface area is 193 Å². The number of rotatable bonds is 7. The fourth-order valence-electron chi connectivity index (χ4n) is 3.72. The van der Waals surface area contributed by atoms with Crippen LogP contribution in [0.5, 0.6) is 5.75 Å². The Morgan fingerprint density at radius 2 is 1.94 bits per heavy atom. The molecule has 0 N–H and O–H groups in total. The van der Waals surface area contributed by atoms with Gasteiger partial charge in [0.05, 0.1) is 17.1 Å². The largest absolute Gasteiger partial charge is 0.433 e. The zero-order valence-corrected chi connectivity index (χ0v) is 18.7. The molecule has 3 aromatic rings. The number of nitrogens with zero attached hydrogens (tertiary/aromatic N) is 3. The number of alkyl halides is 5. The summed E-state index contributed by atoms with van der Waals surface area (Å²) in [7, 11) is 3.65. The highest BCUT2D eigenvalue weighted by Crippen LogP contribution is 2.36. The number of hydrogen-bond donors (Lipinski definition) is 0. The van der Waals surface area contributed by atoms with Crippen LogP contribution in [0, 0.1) is 11.8 Å². The van der Waals surface area contributed by atoms with Gasteiger partial charge in [-0.25, -0.2) is 4.98 Å². The van der Waals surface area contributed by atoms with Gasteiger partial charge in [-0.05, 0) is 50.8 Å². The second-order valence-electron chi connectivity index (χ2n) is 7.68. The van der Waals surface area contributed by atoms with Gasteiger partial charge in [0.25, 0.3) is 0 Å². The van der Waals surface area contributed by atoms with E-state index in [2.05, 4.69) is 16.8 Å². The van der Waals surface area contributed by atoms with Crippen molar-refractivity contribution in [1.82, 2.24) is 14.5 Å². The Kier molecular flexibility index (Phi) is 7.57. The molecule has 0 aliphatic rings. The maximum Gasteiger partial charge on any atom is 0.399 e. The molecule has 0 saturated carbocycles. The molecule has 0 amide bonds. The first kappa shape index (κ1) is 25.2. The molecule has 1 unspecified atom stereocenters. The lowest BCUT2D eigenvalue weighted by Crippen LogP contribution is -2.23. The molecule has 34 heavy (non-hydrogen) atoms. The molecule has 3 rings (SSSR count). The number of ether oxygens (including phenoxy) is 1. The van der Waals surface area contributed by atoms with Crippen LogP contribution in [0.3, 0.4) is 0 Å². The van der Waals surface area contributed by atoms with Crippen molar-refractivity contribution in [3.63, 3.8) is 0 Å². The van der Waals surface area contributed by atoms with Gasteiger partial charge in [0.15, 0.2) is 12.0 Å². The van der Waals surface area contributed by atoms with Gasteiger partial charge in [-0.15, -0.1) is 0 Å². The summed E-state index contributed by atoms with van der Waals surface area (Å²) >= 11 is 0. The number of carbonyl (C=O) groups excluding carboxylic acids is 1. The highest BCUT2D eigenvalue weighted by atomic mass is 19.4. The number of carbonyl (C=O) groups is 1. The molecule has 0 spiro atoms. The second-order valence-corrected chi connectivity index (χ2v) is 7.68. The van der Waals surface area contributed by atoms with Crippen LogP contribution < -0.4 is 4.74 Å². The number of halogens is 5. The predicted molar refractivity (Wildman–Crippen MR) is 117 cm³/mol. The molecule has 5 nitrogen and oxygen atoms in total. The van der Waals surface area contributed by atoms with Crippen molar-refractivity contribution < 1.29 is 31.5 Å². The van der Waals surface area contributed by atoms with Crippen LogP contribution in [0.1, 0.15) is 47.6 Å². The van der Waals surface area contributed by atoms with Crippen molar-refractivity contribution in [3.8, 4) is 23.3 Å². The molecular weight excluding hydrogens is 457 g/mol. The highest BCUT2D eigenvalue weighted by Gasteiger charge is 2.27. The van der Waals surface area contributed by atoms with E-state index < -0.39 is 19.2 Å². The molecule has 0 aliphatic heterocycles. The lowest BCUT2D eigenvalue weighted by atomic mass is 10.1. The number of aromatic nitrogens is 2. The van der Waals surface area contributed by atoms with E-state index >= 15 is 0 Å².